The third kappa shape index (κ3) is 3.13. The number of aromatic nitrogens is 2. The number of carbonyl (C=O) groups excluding carboxylic acids is 1. The van der Waals surface area contributed by atoms with Crippen molar-refractivity contribution >= 4 is 5.91 Å². The van der Waals surface area contributed by atoms with Crippen LogP contribution in [0.1, 0.15) is 16.1 Å². The first-order valence-corrected chi connectivity index (χ1v) is 6.09. The van der Waals surface area contributed by atoms with Crippen molar-refractivity contribution in [3.8, 4) is 5.75 Å². The molecule has 1 amide bonds. The van der Waals surface area contributed by atoms with Crippen LogP contribution < -0.4 is 10.1 Å². The summed E-state index contributed by atoms with van der Waals surface area (Å²) in [5.41, 5.74) is 1.63. The molecule has 0 spiro atoms. The Balaban J connectivity index is 1.93. The fourth-order valence-electron chi connectivity index (χ4n) is 1.86. The third-order valence-electron chi connectivity index (χ3n) is 2.93. The van der Waals surface area contributed by atoms with Crippen LogP contribution in [0.4, 0.5) is 0 Å². The Bertz CT molecular complexity index is 563. The van der Waals surface area contributed by atoms with Crippen molar-refractivity contribution in [2.45, 2.75) is 6.42 Å². The van der Waals surface area contributed by atoms with Gasteiger partial charge in [0.25, 0.3) is 5.91 Å². The molecule has 0 radical (unpaired) electrons. The molecule has 1 aromatic heterocycles. The van der Waals surface area contributed by atoms with Gasteiger partial charge in [-0.3, -0.25) is 4.79 Å². The smallest absolute Gasteiger partial charge is 0.255 e. The normalized spacial score (nSPS) is 10.2. The highest BCUT2D eigenvalue weighted by atomic mass is 16.5. The van der Waals surface area contributed by atoms with E-state index >= 15 is 0 Å². The van der Waals surface area contributed by atoms with E-state index in [0.29, 0.717) is 17.9 Å². The average Bonchev–Trinajstić information content (AvgIpc) is 2.84. The van der Waals surface area contributed by atoms with Crippen LogP contribution in [-0.2, 0) is 13.5 Å². The molecule has 0 aliphatic carbocycles. The van der Waals surface area contributed by atoms with Crippen LogP contribution in [0, 0.1) is 0 Å². The molecule has 19 heavy (non-hydrogen) atoms. The summed E-state index contributed by atoms with van der Waals surface area (Å²) in [4.78, 5) is 16.1. The molecular formula is C14H17N3O2. The highest BCUT2D eigenvalue weighted by Gasteiger charge is 2.10. The van der Waals surface area contributed by atoms with Crippen molar-refractivity contribution in [1.82, 2.24) is 14.9 Å². The average molecular weight is 259 g/mol. The molecule has 1 heterocycles. The lowest BCUT2D eigenvalue weighted by Gasteiger charge is -2.09. The van der Waals surface area contributed by atoms with Crippen molar-refractivity contribution in [2.75, 3.05) is 13.7 Å². The molecule has 2 aromatic rings. The molecule has 1 aromatic carbocycles. The number of imidazole rings is 1. The Morgan fingerprint density at radius 3 is 2.89 bits per heavy atom. The van der Waals surface area contributed by atoms with E-state index in [0.717, 1.165) is 12.1 Å². The van der Waals surface area contributed by atoms with Crippen LogP contribution in [0.15, 0.2) is 36.8 Å². The summed E-state index contributed by atoms with van der Waals surface area (Å²) >= 11 is 0. The molecule has 100 valence electrons. The quantitative estimate of drug-likeness (QED) is 0.883. The molecule has 0 fully saturated rings. The van der Waals surface area contributed by atoms with Gasteiger partial charge in [0.1, 0.15) is 5.75 Å². The van der Waals surface area contributed by atoms with Crippen molar-refractivity contribution in [3.05, 3.63) is 48.0 Å². The number of para-hydroxylation sites is 1. The second kappa shape index (κ2) is 6.04. The maximum atomic E-state index is 12.0. The van der Waals surface area contributed by atoms with Gasteiger partial charge in [0.15, 0.2) is 0 Å². The summed E-state index contributed by atoms with van der Waals surface area (Å²) in [6.45, 7) is 0.566. The second-order valence-corrected chi connectivity index (χ2v) is 4.20. The lowest BCUT2D eigenvalue weighted by molar-refractivity contribution is 0.0951. The van der Waals surface area contributed by atoms with Gasteiger partial charge < -0.3 is 14.6 Å². The predicted molar refractivity (Wildman–Crippen MR) is 72.2 cm³/mol. The molecular weight excluding hydrogens is 242 g/mol. The predicted octanol–water partition coefficient (Wildman–Crippen LogP) is 1.40. The summed E-state index contributed by atoms with van der Waals surface area (Å²) in [7, 11) is 3.49. The van der Waals surface area contributed by atoms with E-state index < -0.39 is 0 Å². The van der Waals surface area contributed by atoms with Crippen LogP contribution in [0.3, 0.4) is 0 Å². The van der Waals surface area contributed by atoms with Crippen molar-refractivity contribution in [2.24, 2.45) is 7.05 Å². The van der Waals surface area contributed by atoms with Gasteiger partial charge in [-0.25, -0.2) is 4.98 Å². The zero-order chi connectivity index (χ0) is 13.7. The number of nitrogens with zero attached hydrogens (tertiary/aromatic N) is 2. The molecule has 5 heteroatoms. The molecule has 0 bridgehead atoms. The number of amides is 1. The molecule has 0 unspecified atom stereocenters. The lowest BCUT2D eigenvalue weighted by atomic mass is 10.2. The number of ether oxygens (including phenoxy) is 1. The van der Waals surface area contributed by atoms with E-state index in [1.54, 1.807) is 31.8 Å². The zero-order valence-corrected chi connectivity index (χ0v) is 11.1. The SMILES string of the molecule is COc1ccccc1C(=O)NCCc1cncn1C. The molecule has 0 atom stereocenters. The van der Waals surface area contributed by atoms with Crippen LogP contribution in [0.5, 0.6) is 5.75 Å². The van der Waals surface area contributed by atoms with Crippen LogP contribution in [-0.4, -0.2) is 29.1 Å². The highest BCUT2D eigenvalue weighted by Crippen LogP contribution is 2.16. The van der Waals surface area contributed by atoms with Gasteiger partial charge in [-0.15, -0.1) is 0 Å². The third-order valence-corrected chi connectivity index (χ3v) is 2.93. The van der Waals surface area contributed by atoms with Gasteiger partial charge in [-0.1, -0.05) is 12.1 Å². The maximum absolute atomic E-state index is 12.0. The van der Waals surface area contributed by atoms with Gasteiger partial charge in [0.2, 0.25) is 0 Å². The fraction of sp³-hybridized carbons (Fsp3) is 0.286. The number of nitrogens with one attached hydrogen (secondary N) is 1. The number of hydrogen-bond acceptors (Lipinski definition) is 3. The highest BCUT2D eigenvalue weighted by molar-refractivity contribution is 5.96. The van der Waals surface area contributed by atoms with Crippen LogP contribution >= 0.6 is 0 Å². The van der Waals surface area contributed by atoms with E-state index in [2.05, 4.69) is 10.3 Å². The number of benzene rings is 1. The number of methoxy groups -OCH3 is 1. The zero-order valence-electron chi connectivity index (χ0n) is 11.1. The van der Waals surface area contributed by atoms with E-state index in [1.165, 1.54) is 0 Å². The number of rotatable bonds is 5. The van der Waals surface area contributed by atoms with Crippen molar-refractivity contribution < 1.29 is 9.53 Å². The van der Waals surface area contributed by atoms with Crippen LogP contribution in [0.25, 0.3) is 0 Å². The molecule has 1 N–H and O–H groups in total. The van der Waals surface area contributed by atoms with Gasteiger partial charge in [0, 0.05) is 31.9 Å². The first kappa shape index (κ1) is 13.1. The summed E-state index contributed by atoms with van der Waals surface area (Å²) in [5.74, 6) is 0.458. The van der Waals surface area contributed by atoms with E-state index in [-0.39, 0.29) is 5.91 Å². The maximum Gasteiger partial charge on any atom is 0.255 e. The van der Waals surface area contributed by atoms with Gasteiger partial charge in [-0.2, -0.15) is 0 Å². The molecule has 2 rings (SSSR count). The summed E-state index contributed by atoms with van der Waals surface area (Å²) < 4.78 is 7.10. The molecule has 0 aliphatic rings. The minimum absolute atomic E-state index is 0.125. The minimum atomic E-state index is -0.125. The van der Waals surface area contributed by atoms with Gasteiger partial charge >= 0.3 is 0 Å². The molecule has 0 aliphatic heterocycles. The molecule has 5 nitrogen and oxygen atoms in total. The summed E-state index contributed by atoms with van der Waals surface area (Å²) in [5, 5.41) is 2.88. The monoisotopic (exact) mass is 259 g/mol. The Hall–Kier alpha value is -2.30. The number of hydrogen-bond donors (Lipinski definition) is 1. The lowest BCUT2D eigenvalue weighted by Crippen LogP contribution is -2.26. The Labute approximate surface area is 112 Å². The number of aryl methyl sites for hydroxylation is 1. The summed E-state index contributed by atoms with van der Waals surface area (Å²) in [6.07, 6.45) is 4.30. The van der Waals surface area contributed by atoms with Crippen molar-refractivity contribution in [3.63, 3.8) is 0 Å². The first-order valence-electron chi connectivity index (χ1n) is 6.09. The Morgan fingerprint density at radius 2 is 2.21 bits per heavy atom. The summed E-state index contributed by atoms with van der Waals surface area (Å²) in [6, 6.07) is 7.18. The number of carbonyl (C=O) groups is 1. The van der Waals surface area contributed by atoms with Crippen LogP contribution in [0.2, 0.25) is 0 Å². The minimum Gasteiger partial charge on any atom is -0.496 e. The topological polar surface area (TPSA) is 56.1 Å². The van der Waals surface area contributed by atoms with Crippen molar-refractivity contribution in [1.29, 1.82) is 0 Å². The molecule has 0 saturated heterocycles. The first-order chi connectivity index (χ1) is 9.22. The Kier molecular flexibility index (Phi) is 4.18. The largest absolute Gasteiger partial charge is 0.496 e. The standard InChI is InChI=1S/C14H17N3O2/c1-17-10-15-9-11(17)7-8-16-14(18)12-5-3-4-6-13(12)19-2/h3-6,9-10H,7-8H2,1-2H3,(H,16,18). The van der Waals surface area contributed by atoms with Gasteiger partial charge in [-0.05, 0) is 12.1 Å². The van der Waals surface area contributed by atoms with E-state index in [4.69, 9.17) is 4.74 Å². The van der Waals surface area contributed by atoms with Gasteiger partial charge in [0.05, 0.1) is 19.0 Å². The van der Waals surface area contributed by atoms with E-state index in [1.807, 2.05) is 23.7 Å². The van der Waals surface area contributed by atoms with E-state index in [9.17, 15) is 4.79 Å². The second-order valence-electron chi connectivity index (χ2n) is 4.20. The Morgan fingerprint density at radius 1 is 1.42 bits per heavy atom. The molecule has 0 saturated carbocycles. The fourth-order valence-corrected chi connectivity index (χ4v) is 1.86.